The van der Waals surface area contributed by atoms with Crippen molar-refractivity contribution >= 4 is 17.7 Å². The maximum absolute atomic E-state index is 10.9. The van der Waals surface area contributed by atoms with Gasteiger partial charge in [-0.25, -0.2) is 0 Å². The van der Waals surface area contributed by atoms with E-state index >= 15 is 0 Å². The quantitative estimate of drug-likeness (QED) is 0.482. The lowest BCUT2D eigenvalue weighted by Crippen LogP contribution is -2.36. The molecule has 0 aromatic heterocycles. The monoisotopic (exact) mass is 232 g/mol. The number of hydrogen-bond donors (Lipinski definition) is 3. The van der Waals surface area contributed by atoms with Crippen LogP contribution in [-0.2, 0) is 14.7 Å². The molecule has 80 valence electrons. The minimum absolute atomic E-state index is 0.327. The van der Waals surface area contributed by atoms with E-state index in [1.165, 1.54) is 13.8 Å². The zero-order chi connectivity index (χ0) is 10.9. The first-order valence-electron chi connectivity index (χ1n) is 3.65. The summed E-state index contributed by atoms with van der Waals surface area (Å²) in [5.74, 6) is 0. The Hall–Kier alpha value is 0.0600. The van der Waals surface area contributed by atoms with Gasteiger partial charge in [0.2, 0.25) is 0 Å². The molecule has 0 aromatic rings. The van der Waals surface area contributed by atoms with E-state index < -0.39 is 22.2 Å². The van der Waals surface area contributed by atoms with Crippen LogP contribution in [0, 0.1) is 0 Å². The average Bonchev–Trinajstić information content (AvgIpc) is 1.84. The molecule has 0 saturated carbocycles. The normalized spacial score (nSPS) is 14.5. The summed E-state index contributed by atoms with van der Waals surface area (Å²) in [5, 5.41) is 0. The molecule has 0 spiro atoms. The molecule has 0 atom stereocenters. The third-order valence-corrected chi connectivity index (χ3v) is 6.75. The van der Waals surface area contributed by atoms with Crippen molar-refractivity contribution in [1.29, 1.82) is 0 Å². The van der Waals surface area contributed by atoms with Crippen molar-refractivity contribution in [3.63, 3.8) is 0 Å². The summed E-state index contributed by atoms with van der Waals surface area (Å²) in [4.78, 5) is 17.7. The summed E-state index contributed by atoms with van der Waals surface area (Å²) < 4.78 is 39.0. The summed E-state index contributed by atoms with van der Waals surface area (Å²) in [7, 11) is -9.61. The Morgan fingerprint density at radius 3 is 1.54 bits per heavy atom. The van der Waals surface area contributed by atoms with Crippen LogP contribution in [0.3, 0.4) is 0 Å². The van der Waals surface area contributed by atoms with Crippen LogP contribution in [0.4, 0.5) is 0 Å². The van der Waals surface area contributed by atoms with Gasteiger partial charge < -0.3 is 9.79 Å². The third kappa shape index (κ3) is 2.11. The van der Waals surface area contributed by atoms with Crippen molar-refractivity contribution in [2.24, 2.45) is 0 Å². The summed E-state index contributed by atoms with van der Waals surface area (Å²) in [6.45, 7) is 2.60. The standard InChI is InChI=1S/C5H13O6PS/c1-3-5(4-2,12(6,7)8)13(9,10)11/h3-4H2,1-2H3,(H2,6,7,8)(H,9,10,11). The second kappa shape index (κ2) is 3.67. The van der Waals surface area contributed by atoms with Crippen LogP contribution in [0.5, 0.6) is 0 Å². The van der Waals surface area contributed by atoms with Crippen LogP contribution >= 0.6 is 7.60 Å². The van der Waals surface area contributed by atoms with Crippen molar-refractivity contribution < 1.29 is 27.3 Å². The molecule has 0 saturated heterocycles. The van der Waals surface area contributed by atoms with Gasteiger partial charge in [0.1, 0.15) is 0 Å². The first-order valence-corrected chi connectivity index (χ1v) is 6.70. The van der Waals surface area contributed by atoms with Crippen molar-refractivity contribution in [2.45, 2.75) is 31.2 Å². The maximum Gasteiger partial charge on any atom is 0.349 e. The fourth-order valence-corrected chi connectivity index (χ4v) is 3.93. The Morgan fingerprint density at radius 2 is 1.54 bits per heavy atom. The predicted octanol–water partition coefficient (Wildman–Crippen LogP) is 0.568. The first kappa shape index (κ1) is 13.1. The van der Waals surface area contributed by atoms with Crippen LogP contribution in [0.25, 0.3) is 0 Å². The van der Waals surface area contributed by atoms with E-state index in [4.69, 9.17) is 14.3 Å². The third-order valence-electron chi connectivity index (χ3n) is 2.12. The number of rotatable bonds is 4. The smallest absolute Gasteiger partial charge is 0.323 e. The van der Waals surface area contributed by atoms with Crippen LogP contribution in [0.2, 0.25) is 0 Å². The average molecular weight is 232 g/mol. The molecule has 0 unspecified atom stereocenters. The minimum atomic E-state index is -4.87. The molecule has 0 amide bonds. The highest BCUT2D eigenvalue weighted by atomic mass is 32.2. The van der Waals surface area contributed by atoms with Crippen LogP contribution in [-0.4, -0.2) is 27.2 Å². The molecule has 0 fully saturated rings. The van der Waals surface area contributed by atoms with Gasteiger partial charge in [-0.1, -0.05) is 13.8 Å². The van der Waals surface area contributed by atoms with E-state index in [1.807, 2.05) is 0 Å². The Kier molecular flexibility index (Phi) is 3.68. The highest BCUT2D eigenvalue weighted by molar-refractivity contribution is 7.95. The highest BCUT2D eigenvalue weighted by Crippen LogP contribution is 2.57. The fourth-order valence-electron chi connectivity index (χ4n) is 1.18. The maximum atomic E-state index is 10.9. The molecule has 0 aliphatic rings. The van der Waals surface area contributed by atoms with Gasteiger partial charge in [0.05, 0.1) is 0 Å². The van der Waals surface area contributed by atoms with Crippen LogP contribution in [0.15, 0.2) is 0 Å². The van der Waals surface area contributed by atoms with Crippen molar-refractivity contribution in [3.8, 4) is 0 Å². The first-order chi connectivity index (χ1) is 5.62. The molecule has 0 aliphatic heterocycles. The molecule has 6 nitrogen and oxygen atoms in total. The SMILES string of the molecule is CCC(CC)(P(=O)(O)O)S(=O)(=O)O. The fraction of sp³-hybridized carbons (Fsp3) is 1.00. The Morgan fingerprint density at radius 1 is 1.23 bits per heavy atom. The van der Waals surface area contributed by atoms with Crippen LogP contribution in [0.1, 0.15) is 26.7 Å². The highest BCUT2D eigenvalue weighted by Gasteiger charge is 2.54. The molecule has 8 heteroatoms. The molecular formula is C5H13O6PS. The van der Waals surface area contributed by atoms with Gasteiger partial charge in [0.25, 0.3) is 10.1 Å². The lowest BCUT2D eigenvalue weighted by atomic mass is 10.2. The summed E-state index contributed by atoms with van der Waals surface area (Å²) in [6.07, 6.45) is -0.654. The van der Waals surface area contributed by atoms with Gasteiger partial charge in [0, 0.05) is 0 Å². The van der Waals surface area contributed by atoms with Crippen molar-refractivity contribution in [3.05, 3.63) is 0 Å². The van der Waals surface area contributed by atoms with Gasteiger partial charge in [0.15, 0.2) is 4.49 Å². The van der Waals surface area contributed by atoms with E-state index in [2.05, 4.69) is 0 Å². The summed E-state index contributed by atoms with van der Waals surface area (Å²) in [6, 6.07) is 0. The van der Waals surface area contributed by atoms with Crippen LogP contribution < -0.4 is 0 Å². The molecular weight excluding hydrogens is 219 g/mol. The lowest BCUT2D eigenvalue weighted by Gasteiger charge is -2.28. The van der Waals surface area contributed by atoms with E-state index in [1.54, 1.807) is 0 Å². The molecule has 0 radical (unpaired) electrons. The summed E-state index contributed by atoms with van der Waals surface area (Å²) in [5.41, 5.74) is 0. The van der Waals surface area contributed by atoms with Gasteiger partial charge in [-0.3, -0.25) is 9.12 Å². The van der Waals surface area contributed by atoms with Crippen molar-refractivity contribution in [2.75, 3.05) is 0 Å². The second-order valence-electron chi connectivity index (χ2n) is 2.67. The van der Waals surface area contributed by atoms with Gasteiger partial charge in [-0.2, -0.15) is 8.42 Å². The Bertz CT molecular complexity index is 310. The molecule has 13 heavy (non-hydrogen) atoms. The van der Waals surface area contributed by atoms with Gasteiger partial charge in [-0.15, -0.1) is 0 Å². The minimum Gasteiger partial charge on any atom is -0.323 e. The molecule has 0 bridgehead atoms. The zero-order valence-corrected chi connectivity index (χ0v) is 9.05. The van der Waals surface area contributed by atoms with Gasteiger partial charge in [-0.05, 0) is 12.8 Å². The van der Waals surface area contributed by atoms with E-state index in [-0.39, 0.29) is 12.8 Å². The molecule has 0 rings (SSSR count). The lowest BCUT2D eigenvalue weighted by molar-refractivity contribution is 0.333. The number of hydrogen-bond acceptors (Lipinski definition) is 3. The predicted molar refractivity (Wildman–Crippen MR) is 46.9 cm³/mol. The Labute approximate surface area is 76.9 Å². The summed E-state index contributed by atoms with van der Waals surface area (Å²) >= 11 is 0. The van der Waals surface area contributed by atoms with E-state index in [0.717, 1.165) is 0 Å². The molecule has 0 aliphatic carbocycles. The topological polar surface area (TPSA) is 112 Å². The molecule has 0 aromatic carbocycles. The van der Waals surface area contributed by atoms with E-state index in [9.17, 15) is 13.0 Å². The largest absolute Gasteiger partial charge is 0.349 e. The Balaban J connectivity index is 5.60. The molecule has 0 heterocycles. The molecule has 3 N–H and O–H groups in total. The van der Waals surface area contributed by atoms with Crippen molar-refractivity contribution in [1.82, 2.24) is 0 Å². The van der Waals surface area contributed by atoms with Gasteiger partial charge >= 0.3 is 7.60 Å². The zero-order valence-electron chi connectivity index (χ0n) is 7.34. The van der Waals surface area contributed by atoms with E-state index in [0.29, 0.717) is 0 Å². The second-order valence-corrected chi connectivity index (χ2v) is 6.65.